The molecule has 4 aromatic rings. The van der Waals surface area contributed by atoms with Gasteiger partial charge in [-0.2, -0.15) is 0 Å². The van der Waals surface area contributed by atoms with Crippen molar-refractivity contribution < 1.29 is 46.9 Å². The minimum absolute atomic E-state index is 0.00415. The van der Waals surface area contributed by atoms with Crippen molar-refractivity contribution in [3.63, 3.8) is 0 Å². The van der Waals surface area contributed by atoms with E-state index in [2.05, 4.69) is 25.9 Å². The zero-order valence-electron chi connectivity index (χ0n) is 35.7. The van der Waals surface area contributed by atoms with Crippen LogP contribution in [0.15, 0.2) is 78.1 Å². The summed E-state index contributed by atoms with van der Waals surface area (Å²) in [6.07, 6.45) is 6.03. The first-order valence-corrected chi connectivity index (χ1v) is 21.9. The molecule has 63 heavy (non-hydrogen) atoms. The summed E-state index contributed by atoms with van der Waals surface area (Å²) < 4.78 is 45.2. The van der Waals surface area contributed by atoms with Crippen LogP contribution in [-0.2, 0) is 41.6 Å². The molecule has 3 aliphatic rings. The molecule has 0 saturated carbocycles. The van der Waals surface area contributed by atoms with Crippen LogP contribution < -0.4 is 16.0 Å². The summed E-state index contributed by atoms with van der Waals surface area (Å²) in [7, 11) is 0. The van der Waals surface area contributed by atoms with Gasteiger partial charge in [0.05, 0.1) is 42.0 Å². The lowest BCUT2D eigenvalue weighted by Gasteiger charge is -2.35. The number of H-pyrrole nitrogens is 1. The second-order valence-corrected chi connectivity index (χ2v) is 17.8. The van der Waals surface area contributed by atoms with Crippen molar-refractivity contribution >= 4 is 53.7 Å². The Morgan fingerprint density at radius 2 is 1.81 bits per heavy atom. The Balaban J connectivity index is 0.802. The fourth-order valence-corrected chi connectivity index (χ4v) is 8.88. The van der Waals surface area contributed by atoms with Gasteiger partial charge in [-0.3, -0.25) is 19.2 Å². The number of fused-ring (bicyclic) bond motifs is 2. The SMILES string of the molecule is Cc1ncsc1-c1ccc(CNC(=O)[C@@H]2C[C@@H](O)CN2C(=O)[C@@H](NC(=O)COCCOCCNC(=O)CCc2ccc3n2[B-](F)(F)[N+]2=C(c4ccc[nH]4)C=CC2=C3)C(C)(C)C)cc1. The summed E-state index contributed by atoms with van der Waals surface area (Å²) in [6, 6.07) is 12.6. The van der Waals surface area contributed by atoms with E-state index in [4.69, 9.17) is 9.47 Å². The molecule has 0 bridgehead atoms. The van der Waals surface area contributed by atoms with E-state index < -0.39 is 48.3 Å². The van der Waals surface area contributed by atoms with Crippen LogP contribution in [0.25, 0.3) is 16.5 Å². The highest BCUT2D eigenvalue weighted by Crippen LogP contribution is 2.34. The molecule has 334 valence electrons. The highest BCUT2D eigenvalue weighted by atomic mass is 32.1. The van der Waals surface area contributed by atoms with Crippen molar-refractivity contribution in [3.05, 3.63) is 106 Å². The van der Waals surface area contributed by atoms with Crippen molar-refractivity contribution in [1.82, 2.24) is 35.3 Å². The molecule has 1 aromatic carbocycles. The predicted octanol–water partition coefficient (Wildman–Crippen LogP) is 3.79. The molecule has 15 nitrogen and oxygen atoms in total. The van der Waals surface area contributed by atoms with Gasteiger partial charge in [0.2, 0.25) is 23.6 Å². The molecule has 0 spiro atoms. The van der Waals surface area contributed by atoms with Crippen LogP contribution in [0.5, 0.6) is 0 Å². The number of carbonyl (C=O) groups is 4. The van der Waals surface area contributed by atoms with Crippen molar-refractivity contribution in [2.45, 2.75) is 71.7 Å². The van der Waals surface area contributed by atoms with Gasteiger partial charge in [0.15, 0.2) is 11.4 Å². The zero-order valence-corrected chi connectivity index (χ0v) is 36.6. The van der Waals surface area contributed by atoms with Crippen molar-refractivity contribution in [3.8, 4) is 10.4 Å². The summed E-state index contributed by atoms with van der Waals surface area (Å²) in [5.41, 5.74) is 6.02. The molecule has 3 aromatic heterocycles. The second kappa shape index (κ2) is 19.3. The van der Waals surface area contributed by atoms with E-state index in [0.717, 1.165) is 30.7 Å². The average molecular weight is 887 g/mol. The third-order valence-corrected chi connectivity index (χ3v) is 12.2. The Kier molecular flexibility index (Phi) is 13.9. The number of amides is 4. The molecular weight excluding hydrogens is 833 g/mol. The van der Waals surface area contributed by atoms with Crippen LogP contribution >= 0.6 is 11.3 Å². The summed E-state index contributed by atoms with van der Waals surface area (Å²) in [4.78, 5) is 62.6. The predicted molar refractivity (Wildman–Crippen MR) is 235 cm³/mol. The molecule has 0 unspecified atom stereocenters. The van der Waals surface area contributed by atoms with Crippen LogP contribution in [0, 0.1) is 12.3 Å². The highest BCUT2D eigenvalue weighted by Gasteiger charge is 2.52. The van der Waals surface area contributed by atoms with Crippen LogP contribution in [0.3, 0.4) is 0 Å². The van der Waals surface area contributed by atoms with E-state index in [-0.39, 0.29) is 71.2 Å². The summed E-state index contributed by atoms with van der Waals surface area (Å²) >= 11 is 1.56. The maximum atomic E-state index is 16.0. The molecule has 1 fully saturated rings. The largest absolute Gasteiger partial charge is 0.737 e. The fourth-order valence-electron chi connectivity index (χ4n) is 8.07. The number of carbonyl (C=O) groups excluding carboxylic acids is 4. The van der Waals surface area contributed by atoms with Crippen molar-refractivity contribution in [1.29, 1.82) is 0 Å². The molecule has 1 saturated heterocycles. The lowest BCUT2D eigenvalue weighted by atomic mass is 9.85. The number of aryl methyl sites for hydroxylation is 2. The normalized spacial score (nSPS) is 18.2. The average Bonchev–Trinajstić information content (AvgIpc) is 4.10. The minimum Gasteiger partial charge on any atom is -0.394 e. The smallest absolute Gasteiger partial charge is 0.394 e. The lowest BCUT2D eigenvalue weighted by Crippen LogP contribution is -2.58. The molecule has 4 amide bonds. The zero-order chi connectivity index (χ0) is 44.9. The van der Waals surface area contributed by atoms with Gasteiger partial charge in [0.1, 0.15) is 24.4 Å². The Labute approximate surface area is 368 Å². The Hall–Kier alpha value is -5.76. The van der Waals surface area contributed by atoms with Gasteiger partial charge in [-0.05, 0) is 59.8 Å². The number of aliphatic hydroxyl groups excluding tert-OH is 1. The van der Waals surface area contributed by atoms with Crippen LogP contribution in [-0.4, -0.2) is 123 Å². The quantitative estimate of drug-likeness (QED) is 0.0740. The van der Waals surface area contributed by atoms with Gasteiger partial charge in [-0.25, -0.2) is 4.98 Å². The summed E-state index contributed by atoms with van der Waals surface area (Å²) in [5.74, 6) is -1.73. The van der Waals surface area contributed by atoms with E-state index in [1.807, 2.05) is 31.2 Å². The fraction of sp³-hybridized carbons (Fsp3) is 0.409. The van der Waals surface area contributed by atoms with Gasteiger partial charge >= 0.3 is 6.97 Å². The topological polar surface area (TPSA) is 183 Å². The van der Waals surface area contributed by atoms with E-state index in [9.17, 15) is 24.3 Å². The number of nitrogens with zero attached hydrogens (tertiary/aromatic N) is 4. The number of aromatic amines is 1. The highest BCUT2D eigenvalue weighted by molar-refractivity contribution is 7.13. The van der Waals surface area contributed by atoms with E-state index in [0.29, 0.717) is 28.5 Å². The number of hydrogen-bond donors (Lipinski definition) is 5. The minimum atomic E-state index is -4.20. The number of ether oxygens (including phenoxy) is 2. The van der Waals surface area contributed by atoms with Gasteiger partial charge in [0, 0.05) is 62.6 Å². The number of β-amino-alcohol motifs (C(OH)–C–C–N with tert-alkyl or cyclic N) is 1. The molecule has 5 N–H and O–H groups in total. The van der Waals surface area contributed by atoms with Gasteiger partial charge in [-0.1, -0.05) is 45.0 Å². The van der Waals surface area contributed by atoms with Crippen molar-refractivity contribution in [2.24, 2.45) is 5.41 Å². The molecule has 7 rings (SSSR count). The van der Waals surface area contributed by atoms with Gasteiger partial charge in [-0.15, -0.1) is 11.3 Å². The van der Waals surface area contributed by atoms with Crippen LogP contribution in [0.4, 0.5) is 8.63 Å². The second-order valence-electron chi connectivity index (χ2n) is 16.9. The van der Waals surface area contributed by atoms with Crippen LogP contribution in [0.2, 0.25) is 0 Å². The van der Waals surface area contributed by atoms with Crippen LogP contribution in [0.1, 0.15) is 62.0 Å². The standard InChI is InChI=1S/C44H53BF2N8O7S/c1-28-40(63-27-51-28)30-9-7-29(8-10-30)24-50-42(59)37-23-34(56)25-53(37)43(60)41(44(2,3)4)52-39(58)26-62-21-20-61-19-18-49-38(57)16-14-31-11-12-32-22-33-13-15-36(35-6-5-17-48-35)55(33)45(46,47)54(31)32/h5-13,15,17,22,27,34,37,41,48,56H,14,16,18-21,23-26H2,1-4H3,(H,49,57)(H,50,59)(H,52,58)/t34-,37+,41-/m1/s1. The number of aromatic nitrogens is 3. The first kappa shape index (κ1) is 45.3. The number of halogens is 2. The van der Waals surface area contributed by atoms with E-state index in [1.54, 1.807) is 86.3 Å². The molecule has 19 heteroatoms. The van der Waals surface area contributed by atoms with Gasteiger partial charge in [0.25, 0.3) is 0 Å². The number of nitrogens with one attached hydrogen (secondary N) is 4. The van der Waals surface area contributed by atoms with Crippen molar-refractivity contribution in [2.75, 3.05) is 39.5 Å². The maximum absolute atomic E-state index is 16.0. The third-order valence-electron chi connectivity index (χ3n) is 11.3. The maximum Gasteiger partial charge on any atom is 0.737 e. The molecular formula is C44H53BF2N8O7S. The first-order chi connectivity index (χ1) is 30.1. The van der Waals surface area contributed by atoms with E-state index in [1.165, 1.54) is 4.90 Å². The number of likely N-dealkylation sites (tertiary alicyclic amines) is 1. The summed E-state index contributed by atoms with van der Waals surface area (Å²) in [5, 5.41) is 18.9. The molecule has 0 radical (unpaired) electrons. The lowest BCUT2D eigenvalue weighted by molar-refractivity contribution is -0.360. The number of benzene rings is 1. The monoisotopic (exact) mass is 886 g/mol. The molecule has 3 atom stereocenters. The van der Waals surface area contributed by atoms with Gasteiger partial charge < -0.3 is 58.0 Å². The Bertz CT molecular complexity index is 2400. The van der Waals surface area contributed by atoms with E-state index >= 15 is 8.63 Å². The molecule has 0 aliphatic carbocycles. The number of aliphatic hydroxyl groups is 1. The number of hydrogen-bond acceptors (Lipinski definition) is 9. The molecule has 3 aliphatic heterocycles. The third kappa shape index (κ3) is 10.4. The first-order valence-electron chi connectivity index (χ1n) is 21.0. The number of rotatable bonds is 18. The molecule has 6 heterocycles. The Morgan fingerprint density at radius 1 is 1.03 bits per heavy atom. The Morgan fingerprint density at radius 3 is 2.52 bits per heavy atom. The number of thiazole rings is 1. The summed E-state index contributed by atoms with van der Waals surface area (Å²) in [6.45, 7) is 3.51. The number of allylic oxidation sites excluding steroid dienone is 2.